The number of rotatable bonds is 6. The molecule has 122 valence electrons. The molecule has 3 nitrogen and oxygen atoms in total. The molecule has 5 heteroatoms. The number of hydrogen-bond donors (Lipinski definition) is 1. The molecule has 1 saturated heterocycles. The Morgan fingerprint density at radius 1 is 1.18 bits per heavy atom. The molecule has 1 N–H and O–H groups in total. The number of anilines is 1. The van der Waals surface area contributed by atoms with Crippen LogP contribution in [0.5, 0.6) is 0 Å². The van der Waals surface area contributed by atoms with Crippen molar-refractivity contribution >= 4 is 34.6 Å². The zero-order valence-corrected chi connectivity index (χ0v) is 14.9. The Morgan fingerprint density at radius 3 is 2.64 bits per heavy atom. The number of benzene rings is 1. The first kappa shape index (κ1) is 17.4. The van der Waals surface area contributed by atoms with Crippen LogP contribution >= 0.6 is 23.8 Å². The summed E-state index contributed by atoms with van der Waals surface area (Å²) in [4.78, 5) is 4.64. The maximum Gasteiger partial charge on any atom is 0.169 e. The van der Waals surface area contributed by atoms with E-state index in [1.54, 1.807) is 0 Å². The largest absolute Gasteiger partial charge is 0.368 e. The molecule has 0 spiro atoms. The molecule has 0 aliphatic carbocycles. The molecule has 2 rings (SSSR count). The normalized spacial score (nSPS) is 15.0. The summed E-state index contributed by atoms with van der Waals surface area (Å²) in [5.74, 6) is 0. The van der Waals surface area contributed by atoms with Gasteiger partial charge in [-0.25, -0.2) is 0 Å². The number of nitrogens with zero attached hydrogens (tertiary/aromatic N) is 2. The van der Waals surface area contributed by atoms with Crippen molar-refractivity contribution in [2.45, 2.75) is 32.6 Å². The Hall–Kier alpha value is -1.00. The summed E-state index contributed by atoms with van der Waals surface area (Å²) in [6, 6.07) is 8.07. The Labute approximate surface area is 144 Å². The minimum atomic E-state index is 0.796. The van der Waals surface area contributed by atoms with E-state index in [0.29, 0.717) is 0 Å². The van der Waals surface area contributed by atoms with E-state index in [1.165, 1.54) is 31.4 Å². The highest BCUT2D eigenvalue weighted by molar-refractivity contribution is 7.80. The summed E-state index contributed by atoms with van der Waals surface area (Å²) in [6.45, 7) is 7.13. The molecule has 1 fully saturated rings. The van der Waals surface area contributed by atoms with Crippen LogP contribution in [0.25, 0.3) is 0 Å². The van der Waals surface area contributed by atoms with Gasteiger partial charge in [0.15, 0.2) is 5.11 Å². The van der Waals surface area contributed by atoms with Crippen molar-refractivity contribution in [3.05, 3.63) is 29.3 Å². The van der Waals surface area contributed by atoms with Gasteiger partial charge in [-0.1, -0.05) is 43.9 Å². The summed E-state index contributed by atoms with van der Waals surface area (Å²) in [6.07, 6.45) is 5.08. The Kier molecular flexibility index (Phi) is 7.26. The first-order valence-corrected chi connectivity index (χ1v) is 9.02. The molecule has 1 heterocycles. The monoisotopic (exact) mass is 339 g/mol. The summed E-state index contributed by atoms with van der Waals surface area (Å²) >= 11 is 11.6. The third kappa shape index (κ3) is 5.33. The van der Waals surface area contributed by atoms with Crippen LogP contribution in [-0.4, -0.2) is 42.7 Å². The van der Waals surface area contributed by atoms with E-state index in [-0.39, 0.29) is 0 Å². The van der Waals surface area contributed by atoms with E-state index in [4.69, 9.17) is 23.8 Å². The number of halogens is 1. The molecule has 1 aromatic carbocycles. The molecule has 0 atom stereocenters. The molecule has 0 saturated carbocycles. The van der Waals surface area contributed by atoms with E-state index in [1.807, 2.05) is 18.2 Å². The molecule has 0 aromatic heterocycles. The first-order valence-electron chi connectivity index (χ1n) is 8.24. The Morgan fingerprint density at radius 2 is 1.95 bits per heavy atom. The third-order valence-corrected chi connectivity index (χ3v) is 4.68. The quantitative estimate of drug-likeness (QED) is 0.625. The minimum absolute atomic E-state index is 0.796. The van der Waals surface area contributed by atoms with E-state index in [9.17, 15) is 0 Å². The predicted octanol–water partition coefficient (Wildman–Crippen LogP) is 3.92. The lowest BCUT2D eigenvalue weighted by Crippen LogP contribution is -2.51. The van der Waals surface area contributed by atoms with Gasteiger partial charge in [0.25, 0.3) is 0 Å². The lowest BCUT2D eigenvalue weighted by atomic mass is 10.2. The number of hydrogen-bond acceptors (Lipinski definition) is 2. The zero-order valence-electron chi connectivity index (χ0n) is 13.4. The second-order valence-electron chi connectivity index (χ2n) is 5.75. The van der Waals surface area contributed by atoms with Gasteiger partial charge >= 0.3 is 0 Å². The molecule has 1 aliphatic rings. The van der Waals surface area contributed by atoms with E-state index < -0.39 is 0 Å². The van der Waals surface area contributed by atoms with E-state index >= 15 is 0 Å². The van der Waals surface area contributed by atoms with E-state index in [0.717, 1.165) is 42.9 Å². The number of thiocarbonyl (C=S) groups is 1. The fraction of sp³-hybridized carbons (Fsp3) is 0.588. The Bertz CT molecular complexity index is 473. The molecule has 1 aromatic rings. The average Bonchev–Trinajstić information content (AvgIpc) is 2.54. The zero-order chi connectivity index (χ0) is 15.8. The summed E-state index contributed by atoms with van der Waals surface area (Å²) < 4.78 is 0. The molecule has 22 heavy (non-hydrogen) atoms. The first-order chi connectivity index (χ1) is 10.7. The molecular formula is C17H26ClN3S. The third-order valence-electron chi connectivity index (χ3n) is 4.05. The molecule has 0 bridgehead atoms. The highest BCUT2D eigenvalue weighted by Crippen LogP contribution is 2.20. The smallest absolute Gasteiger partial charge is 0.169 e. The van der Waals surface area contributed by atoms with Crippen LogP contribution < -0.4 is 10.2 Å². The maximum absolute atomic E-state index is 6.07. The van der Waals surface area contributed by atoms with Gasteiger partial charge in [-0.2, -0.15) is 0 Å². The summed E-state index contributed by atoms with van der Waals surface area (Å²) in [5.41, 5.74) is 1.20. The highest BCUT2D eigenvalue weighted by atomic mass is 35.5. The lowest BCUT2D eigenvalue weighted by molar-refractivity contribution is 0.379. The predicted molar refractivity (Wildman–Crippen MR) is 100.0 cm³/mol. The van der Waals surface area contributed by atoms with Crippen LogP contribution in [0.1, 0.15) is 32.6 Å². The van der Waals surface area contributed by atoms with Crippen LogP contribution in [0.15, 0.2) is 24.3 Å². The van der Waals surface area contributed by atoms with Crippen molar-refractivity contribution in [2.24, 2.45) is 0 Å². The van der Waals surface area contributed by atoms with Crippen molar-refractivity contribution < 1.29 is 0 Å². The SMILES string of the molecule is CCCCCCNC(=S)N1CCN(c2cccc(Cl)c2)CC1. The standard InChI is InChI=1S/C17H26ClN3S/c1-2-3-4-5-9-19-17(22)21-12-10-20(11-13-21)16-8-6-7-15(18)14-16/h6-8,14H,2-5,9-13H2,1H3,(H,19,22). The summed E-state index contributed by atoms with van der Waals surface area (Å²) in [5, 5.41) is 5.09. The second kappa shape index (κ2) is 9.21. The van der Waals surface area contributed by atoms with Crippen molar-refractivity contribution in [1.82, 2.24) is 10.2 Å². The molecule has 0 radical (unpaired) electrons. The lowest BCUT2D eigenvalue weighted by Gasteiger charge is -2.37. The van der Waals surface area contributed by atoms with Crippen molar-refractivity contribution in [1.29, 1.82) is 0 Å². The number of unbranched alkanes of at least 4 members (excludes halogenated alkanes) is 3. The topological polar surface area (TPSA) is 18.5 Å². The second-order valence-corrected chi connectivity index (χ2v) is 6.57. The van der Waals surface area contributed by atoms with Gasteiger partial charge in [0.2, 0.25) is 0 Å². The van der Waals surface area contributed by atoms with Gasteiger partial charge < -0.3 is 15.1 Å². The fourth-order valence-electron chi connectivity index (χ4n) is 2.70. The van der Waals surface area contributed by atoms with Crippen LogP contribution in [-0.2, 0) is 0 Å². The Balaban J connectivity index is 1.71. The van der Waals surface area contributed by atoms with Crippen molar-refractivity contribution in [2.75, 3.05) is 37.6 Å². The highest BCUT2D eigenvalue weighted by Gasteiger charge is 2.18. The maximum atomic E-state index is 6.07. The molecular weight excluding hydrogens is 314 g/mol. The van der Waals surface area contributed by atoms with Gasteiger partial charge in [0.1, 0.15) is 0 Å². The van der Waals surface area contributed by atoms with Crippen molar-refractivity contribution in [3.63, 3.8) is 0 Å². The summed E-state index contributed by atoms with van der Waals surface area (Å²) in [7, 11) is 0. The molecule has 0 unspecified atom stereocenters. The van der Waals surface area contributed by atoms with Crippen LogP contribution in [0.2, 0.25) is 5.02 Å². The van der Waals surface area contributed by atoms with Crippen LogP contribution in [0.4, 0.5) is 5.69 Å². The minimum Gasteiger partial charge on any atom is -0.368 e. The van der Waals surface area contributed by atoms with Gasteiger partial charge in [-0.15, -0.1) is 0 Å². The van der Waals surface area contributed by atoms with E-state index in [2.05, 4.69) is 28.1 Å². The van der Waals surface area contributed by atoms with Crippen LogP contribution in [0, 0.1) is 0 Å². The molecule has 1 aliphatic heterocycles. The van der Waals surface area contributed by atoms with Crippen LogP contribution in [0.3, 0.4) is 0 Å². The number of piperazine rings is 1. The van der Waals surface area contributed by atoms with Crippen molar-refractivity contribution in [3.8, 4) is 0 Å². The molecule has 0 amide bonds. The van der Waals surface area contributed by atoms with Gasteiger partial charge in [0.05, 0.1) is 0 Å². The number of nitrogens with one attached hydrogen (secondary N) is 1. The van der Waals surface area contributed by atoms with Gasteiger partial charge in [-0.3, -0.25) is 0 Å². The van der Waals surface area contributed by atoms with Gasteiger partial charge in [-0.05, 0) is 36.8 Å². The van der Waals surface area contributed by atoms with Gasteiger partial charge in [0, 0.05) is 43.4 Å². The average molecular weight is 340 g/mol. The fourth-order valence-corrected chi connectivity index (χ4v) is 3.17.